The standard InChI is InChI=1S/C17H17FN2O2/c1-20-7-6-11(10-16(20)21)17(22)19-13-8-12(9-13)14-4-2-3-5-15(14)18/h2-7,10,12-13H,8-9H2,1H3,(H,19,22). The minimum Gasteiger partial charge on any atom is -0.349 e. The van der Waals surface area contributed by atoms with Crippen molar-refractivity contribution >= 4 is 5.91 Å². The van der Waals surface area contributed by atoms with Gasteiger partial charge in [0.1, 0.15) is 5.82 Å². The molecule has 114 valence electrons. The lowest BCUT2D eigenvalue weighted by molar-refractivity contribution is 0.0908. The van der Waals surface area contributed by atoms with Crippen molar-refractivity contribution < 1.29 is 9.18 Å². The molecule has 5 heteroatoms. The number of carbonyl (C=O) groups is 1. The maximum atomic E-state index is 13.7. The molecule has 0 spiro atoms. The van der Waals surface area contributed by atoms with E-state index >= 15 is 0 Å². The molecule has 1 saturated carbocycles. The molecule has 1 N–H and O–H groups in total. The van der Waals surface area contributed by atoms with Gasteiger partial charge in [-0.1, -0.05) is 18.2 Å². The van der Waals surface area contributed by atoms with Crippen molar-refractivity contribution in [1.29, 1.82) is 0 Å². The fourth-order valence-electron chi connectivity index (χ4n) is 2.75. The van der Waals surface area contributed by atoms with Crippen LogP contribution >= 0.6 is 0 Å². The van der Waals surface area contributed by atoms with Crippen LogP contribution in [0.5, 0.6) is 0 Å². The summed E-state index contributed by atoms with van der Waals surface area (Å²) in [6.45, 7) is 0. The summed E-state index contributed by atoms with van der Waals surface area (Å²) in [5.74, 6) is -0.298. The Hall–Kier alpha value is -2.43. The molecule has 2 aromatic rings. The Kier molecular flexibility index (Phi) is 3.79. The maximum absolute atomic E-state index is 13.7. The molecule has 0 bridgehead atoms. The number of hydrogen-bond donors (Lipinski definition) is 1. The molecule has 1 amide bonds. The van der Waals surface area contributed by atoms with Crippen molar-refractivity contribution in [1.82, 2.24) is 9.88 Å². The van der Waals surface area contributed by atoms with Gasteiger partial charge in [-0.05, 0) is 36.5 Å². The number of hydrogen-bond acceptors (Lipinski definition) is 2. The van der Waals surface area contributed by atoms with E-state index in [1.807, 2.05) is 6.07 Å². The highest BCUT2D eigenvalue weighted by molar-refractivity contribution is 5.94. The van der Waals surface area contributed by atoms with Crippen molar-refractivity contribution in [2.24, 2.45) is 7.05 Å². The summed E-state index contributed by atoms with van der Waals surface area (Å²) in [5.41, 5.74) is 0.851. The predicted octanol–water partition coefficient (Wildman–Crippen LogP) is 2.20. The molecule has 22 heavy (non-hydrogen) atoms. The van der Waals surface area contributed by atoms with Crippen LogP contribution in [0.3, 0.4) is 0 Å². The molecule has 1 fully saturated rings. The van der Waals surface area contributed by atoms with Gasteiger partial charge in [0.15, 0.2) is 0 Å². The number of amides is 1. The first kappa shape index (κ1) is 14.5. The van der Waals surface area contributed by atoms with Crippen molar-refractivity contribution in [3.05, 3.63) is 69.9 Å². The number of pyridine rings is 1. The third kappa shape index (κ3) is 2.79. The summed E-state index contributed by atoms with van der Waals surface area (Å²) in [6, 6.07) is 9.71. The van der Waals surface area contributed by atoms with E-state index in [1.54, 1.807) is 31.4 Å². The molecule has 4 nitrogen and oxygen atoms in total. The summed E-state index contributed by atoms with van der Waals surface area (Å²) in [4.78, 5) is 23.6. The Bertz CT molecular complexity index is 763. The highest BCUT2D eigenvalue weighted by atomic mass is 19.1. The van der Waals surface area contributed by atoms with Crippen LogP contribution in [0.25, 0.3) is 0 Å². The Balaban J connectivity index is 1.60. The molecular weight excluding hydrogens is 283 g/mol. The minimum absolute atomic E-state index is 0.0289. The third-order valence-electron chi connectivity index (χ3n) is 4.18. The number of rotatable bonds is 3. The smallest absolute Gasteiger partial charge is 0.251 e. The number of benzene rings is 1. The first-order valence-electron chi connectivity index (χ1n) is 7.26. The fraction of sp³-hybridized carbons (Fsp3) is 0.294. The van der Waals surface area contributed by atoms with Crippen LogP contribution in [-0.4, -0.2) is 16.5 Å². The molecule has 0 aliphatic heterocycles. The van der Waals surface area contributed by atoms with Gasteiger partial charge in [-0.15, -0.1) is 0 Å². The van der Waals surface area contributed by atoms with Crippen LogP contribution in [0, 0.1) is 5.82 Å². The van der Waals surface area contributed by atoms with Gasteiger partial charge >= 0.3 is 0 Å². The fourth-order valence-corrected chi connectivity index (χ4v) is 2.75. The van der Waals surface area contributed by atoms with Gasteiger partial charge in [-0.2, -0.15) is 0 Å². The molecule has 1 aliphatic carbocycles. The van der Waals surface area contributed by atoms with Crippen molar-refractivity contribution in [3.8, 4) is 0 Å². The predicted molar refractivity (Wildman–Crippen MR) is 81.3 cm³/mol. The Morgan fingerprint density at radius 2 is 2.00 bits per heavy atom. The van der Waals surface area contributed by atoms with Crippen LogP contribution in [0.1, 0.15) is 34.7 Å². The zero-order chi connectivity index (χ0) is 15.7. The molecule has 1 heterocycles. The molecule has 3 rings (SSSR count). The molecule has 1 aromatic carbocycles. The van der Waals surface area contributed by atoms with E-state index in [-0.39, 0.29) is 29.2 Å². The first-order valence-corrected chi connectivity index (χ1v) is 7.26. The van der Waals surface area contributed by atoms with Gasteiger partial charge in [0.25, 0.3) is 11.5 Å². The second-order valence-corrected chi connectivity index (χ2v) is 5.72. The lowest BCUT2D eigenvalue weighted by Crippen LogP contribution is -2.43. The lowest BCUT2D eigenvalue weighted by atomic mass is 9.75. The average molecular weight is 300 g/mol. The van der Waals surface area contributed by atoms with Crippen LogP contribution < -0.4 is 10.9 Å². The third-order valence-corrected chi connectivity index (χ3v) is 4.18. The minimum atomic E-state index is -0.255. The number of carbonyl (C=O) groups excluding carboxylic acids is 1. The molecule has 0 radical (unpaired) electrons. The summed E-state index contributed by atoms with van der Waals surface area (Å²) in [5, 5.41) is 2.89. The highest BCUT2D eigenvalue weighted by Gasteiger charge is 2.32. The van der Waals surface area contributed by atoms with E-state index in [0.29, 0.717) is 11.1 Å². The number of halogens is 1. The molecule has 0 saturated heterocycles. The highest BCUT2D eigenvalue weighted by Crippen LogP contribution is 2.37. The SMILES string of the molecule is Cn1ccc(C(=O)NC2CC(c3ccccc3F)C2)cc1=O. The summed E-state index contributed by atoms with van der Waals surface area (Å²) < 4.78 is 15.1. The summed E-state index contributed by atoms with van der Waals surface area (Å²) in [7, 11) is 1.63. The summed E-state index contributed by atoms with van der Waals surface area (Å²) in [6.07, 6.45) is 3.01. The van der Waals surface area contributed by atoms with E-state index in [9.17, 15) is 14.0 Å². The van der Waals surface area contributed by atoms with Crippen LogP contribution in [-0.2, 0) is 7.05 Å². The Morgan fingerprint density at radius 3 is 2.68 bits per heavy atom. The number of nitrogens with zero attached hydrogens (tertiary/aromatic N) is 1. The molecule has 0 unspecified atom stereocenters. The zero-order valence-electron chi connectivity index (χ0n) is 12.3. The Labute approximate surface area is 127 Å². The van der Waals surface area contributed by atoms with Crippen molar-refractivity contribution in [2.45, 2.75) is 24.8 Å². The van der Waals surface area contributed by atoms with Gasteiger partial charge in [0, 0.05) is 30.9 Å². The van der Waals surface area contributed by atoms with Gasteiger partial charge in [-0.25, -0.2) is 4.39 Å². The monoisotopic (exact) mass is 300 g/mol. The van der Waals surface area contributed by atoms with Crippen molar-refractivity contribution in [3.63, 3.8) is 0 Å². The van der Waals surface area contributed by atoms with Gasteiger partial charge in [-0.3, -0.25) is 9.59 Å². The second-order valence-electron chi connectivity index (χ2n) is 5.72. The second kappa shape index (κ2) is 5.75. The number of nitrogens with one attached hydrogen (secondary N) is 1. The van der Waals surface area contributed by atoms with Gasteiger partial charge in [0.2, 0.25) is 0 Å². The van der Waals surface area contributed by atoms with E-state index in [4.69, 9.17) is 0 Å². The van der Waals surface area contributed by atoms with Gasteiger partial charge < -0.3 is 9.88 Å². The Morgan fingerprint density at radius 1 is 1.27 bits per heavy atom. The van der Waals surface area contributed by atoms with Crippen LogP contribution in [0.15, 0.2) is 47.4 Å². The summed E-state index contributed by atoms with van der Waals surface area (Å²) >= 11 is 0. The first-order chi connectivity index (χ1) is 10.5. The van der Waals surface area contributed by atoms with Crippen LogP contribution in [0.4, 0.5) is 4.39 Å². The van der Waals surface area contributed by atoms with E-state index < -0.39 is 0 Å². The lowest BCUT2D eigenvalue weighted by Gasteiger charge is -2.36. The van der Waals surface area contributed by atoms with Gasteiger partial charge in [0.05, 0.1) is 0 Å². The topological polar surface area (TPSA) is 51.1 Å². The normalized spacial score (nSPS) is 20.3. The van der Waals surface area contributed by atoms with Crippen molar-refractivity contribution in [2.75, 3.05) is 0 Å². The molecule has 1 aliphatic rings. The van der Waals surface area contributed by atoms with E-state index in [2.05, 4.69) is 5.32 Å². The van der Waals surface area contributed by atoms with E-state index in [0.717, 1.165) is 12.8 Å². The maximum Gasteiger partial charge on any atom is 0.251 e. The zero-order valence-corrected chi connectivity index (χ0v) is 12.3. The number of aromatic nitrogens is 1. The molecule has 0 atom stereocenters. The molecule has 1 aromatic heterocycles. The average Bonchev–Trinajstić information content (AvgIpc) is 2.46. The van der Waals surface area contributed by atoms with E-state index in [1.165, 1.54) is 16.7 Å². The number of aryl methyl sites for hydroxylation is 1. The largest absolute Gasteiger partial charge is 0.349 e. The van der Waals surface area contributed by atoms with Crippen LogP contribution in [0.2, 0.25) is 0 Å². The quantitative estimate of drug-likeness (QED) is 0.945. The molecular formula is C17H17FN2O2.